The number of aromatic nitrogens is 4. The summed E-state index contributed by atoms with van der Waals surface area (Å²) in [6.45, 7) is 0.712. The Kier molecular flexibility index (Phi) is 2.64. The minimum absolute atomic E-state index is 0.147. The molecule has 0 fully saturated rings. The van der Waals surface area contributed by atoms with E-state index >= 15 is 0 Å². The standard InChI is InChI=1S/C13H12N4O/c18-13-11-8-16-17(12(11)14-9-15-13)7-6-10-4-2-1-3-5-10/h1-5,8-9H,6-7H2,(H,14,15,18). The number of H-pyrrole nitrogens is 1. The average Bonchev–Trinajstić information content (AvgIpc) is 2.82. The molecule has 0 amide bonds. The van der Waals surface area contributed by atoms with E-state index in [2.05, 4.69) is 27.2 Å². The van der Waals surface area contributed by atoms with Crippen molar-refractivity contribution in [1.29, 1.82) is 0 Å². The van der Waals surface area contributed by atoms with Crippen LogP contribution in [0.2, 0.25) is 0 Å². The summed E-state index contributed by atoms with van der Waals surface area (Å²) in [5, 5.41) is 4.74. The summed E-state index contributed by atoms with van der Waals surface area (Å²) in [6.07, 6.45) is 3.84. The van der Waals surface area contributed by atoms with Crippen LogP contribution < -0.4 is 5.56 Å². The highest BCUT2D eigenvalue weighted by molar-refractivity contribution is 5.72. The van der Waals surface area contributed by atoms with Crippen molar-refractivity contribution in [3.63, 3.8) is 0 Å². The highest BCUT2D eigenvalue weighted by Gasteiger charge is 2.06. The Hall–Kier alpha value is -2.43. The Morgan fingerprint density at radius 3 is 2.89 bits per heavy atom. The largest absolute Gasteiger partial charge is 0.312 e. The van der Waals surface area contributed by atoms with Gasteiger partial charge in [-0.1, -0.05) is 30.3 Å². The second-order valence-corrected chi connectivity index (χ2v) is 4.07. The molecular formula is C13H12N4O. The van der Waals surface area contributed by atoms with Gasteiger partial charge in [0.05, 0.1) is 12.5 Å². The average molecular weight is 240 g/mol. The lowest BCUT2D eigenvalue weighted by Gasteiger charge is -2.02. The van der Waals surface area contributed by atoms with E-state index in [0.717, 1.165) is 6.42 Å². The second-order valence-electron chi connectivity index (χ2n) is 4.07. The molecule has 0 aliphatic rings. The van der Waals surface area contributed by atoms with Gasteiger partial charge in [0.2, 0.25) is 0 Å². The van der Waals surface area contributed by atoms with E-state index in [1.165, 1.54) is 11.9 Å². The first-order valence-corrected chi connectivity index (χ1v) is 5.78. The minimum Gasteiger partial charge on any atom is -0.312 e. The number of aromatic amines is 1. The molecule has 90 valence electrons. The molecule has 5 nitrogen and oxygen atoms in total. The summed E-state index contributed by atoms with van der Waals surface area (Å²) >= 11 is 0. The van der Waals surface area contributed by atoms with Crippen molar-refractivity contribution in [2.24, 2.45) is 0 Å². The smallest absolute Gasteiger partial charge is 0.261 e. The van der Waals surface area contributed by atoms with Gasteiger partial charge in [0.1, 0.15) is 5.39 Å². The van der Waals surface area contributed by atoms with Crippen molar-refractivity contribution in [1.82, 2.24) is 19.7 Å². The molecule has 0 saturated carbocycles. The van der Waals surface area contributed by atoms with Crippen LogP contribution in [-0.4, -0.2) is 19.7 Å². The van der Waals surface area contributed by atoms with Gasteiger partial charge in [-0.2, -0.15) is 5.10 Å². The lowest BCUT2D eigenvalue weighted by atomic mass is 10.1. The third-order valence-electron chi connectivity index (χ3n) is 2.89. The second kappa shape index (κ2) is 4.44. The van der Waals surface area contributed by atoms with Crippen molar-refractivity contribution >= 4 is 11.0 Å². The fourth-order valence-corrected chi connectivity index (χ4v) is 1.95. The van der Waals surface area contributed by atoms with Crippen LogP contribution in [0.5, 0.6) is 0 Å². The van der Waals surface area contributed by atoms with Crippen molar-refractivity contribution in [2.75, 3.05) is 0 Å². The molecule has 0 aliphatic carbocycles. The predicted octanol–water partition coefficient (Wildman–Crippen LogP) is 1.36. The highest BCUT2D eigenvalue weighted by atomic mass is 16.1. The molecule has 3 rings (SSSR count). The molecule has 18 heavy (non-hydrogen) atoms. The van der Waals surface area contributed by atoms with Crippen LogP contribution in [0.4, 0.5) is 0 Å². The Balaban J connectivity index is 1.88. The molecule has 0 aliphatic heterocycles. The fourth-order valence-electron chi connectivity index (χ4n) is 1.95. The number of aryl methyl sites for hydroxylation is 2. The number of nitrogens with one attached hydrogen (secondary N) is 1. The Labute approximate surface area is 103 Å². The van der Waals surface area contributed by atoms with Gasteiger partial charge in [-0.25, -0.2) is 9.67 Å². The number of hydrogen-bond acceptors (Lipinski definition) is 3. The Bertz CT molecular complexity index is 714. The molecule has 3 aromatic rings. The first-order valence-electron chi connectivity index (χ1n) is 5.78. The van der Waals surface area contributed by atoms with Gasteiger partial charge in [-0.15, -0.1) is 0 Å². The lowest BCUT2D eigenvalue weighted by molar-refractivity contribution is 0.629. The third kappa shape index (κ3) is 1.90. The summed E-state index contributed by atoms with van der Waals surface area (Å²) in [7, 11) is 0. The van der Waals surface area contributed by atoms with Gasteiger partial charge < -0.3 is 4.98 Å². The topological polar surface area (TPSA) is 63.6 Å². The molecule has 1 N–H and O–H groups in total. The molecule has 1 aromatic carbocycles. The van der Waals surface area contributed by atoms with Crippen molar-refractivity contribution in [3.8, 4) is 0 Å². The maximum atomic E-state index is 11.5. The monoisotopic (exact) mass is 240 g/mol. The van der Waals surface area contributed by atoms with Gasteiger partial charge in [-0.3, -0.25) is 4.79 Å². The first-order chi connectivity index (χ1) is 8.84. The molecule has 0 spiro atoms. The number of rotatable bonds is 3. The van der Waals surface area contributed by atoms with Crippen LogP contribution in [0, 0.1) is 0 Å². The molecule has 0 radical (unpaired) electrons. The summed E-state index contributed by atoms with van der Waals surface area (Å²) in [6, 6.07) is 10.2. The van der Waals surface area contributed by atoms with Crippen LogP contribution in [0.15, 0.2) is 47.7 Å². The normalized spacial score (nSPS) is 10.9. The van der Waals surface area contributed by atoms with Gasteiger partial charge in [0.25, 0.3) is 5.56 Å². The number of nitrogens with zero attached hydrogens (tertiary/aromatic N) is 3. The van der Waals surface area contributed by atoms with E-state index in [1.54, 1.807) is 10.9 Å². The molecule has 0 saturated heterocycles. The van der Waals surface area contributed by atoms with Crippen LogP contribution in [0.3, 0.4) is 0 Å². The zero-order valence-corrected chi connectivity index (χ0v) is 9.71. The van der Waals surface area contributed by atoms with Gasteiger partial charge >= 0.3 is 0 Å². The third-order valence-corrected chi connectivity index (χ3v) is 2.89. The molecule has 0 atom stereocenters. The van der Waals surface area contributed by atoms with Crippen molar-refractivity contribution in [2.45, 2.75) is 13.0 Å². The number of hydrogen-bond donors (Lipinski definition) is 1. The van der Waals surface area contributed by atoms with E-state index in [1.807, 2.05) is 18.2 Å². The van der Waals surface area contributed by atoms with Gasteiger partial charge in [-0.05, 0) is 12.0 Å². The van der Waals surface area contributed by atoms with Crippen LogP contribution >= 0.6 is 0 Å². The maximum Gasteiger partial charge on any atom is 0.261 e. The van der Waals surface area contributed by atoms with E-state index in [0.29, 0.717) is 17.6 Å². The number of benzene rings is 1. The highest BCUT2D eigenvalue weighted by Crippen LogP contribution is 2.07. The summed E-state index contributed by atoms with van der Waals surface area (Å²) < 4.78 is 1.76. The lowest BCUT2D eigenvalue weighted by Crippen LogP contribution is -2.08. The van der Waals surface area contributed by atoms with Crippen LogP contribution in [0.25, 0.3) is 11.0 Å². The van der Waals surface area contributed by atoms with Crippen LogP contribution in [0.1, 0.15) is 5.56 Å². The molecule has 0 unspecified atom stereocenters. The predicted molar refractivity (Wildman–Crippen MR) is 68.3 cm³/mol. The quantitative estimate of drug-likeness (QED) is 0.751. The molecule has 0 bridgehead atoms. The zero-order valence-electron chi connectivity index (χ0n) is 9.71. The number of fused-ring (bicyclic) bond motifs is 1. The Morgan fingerprint density at radius 2 is 2.06 bits per heavy atom. The summed E-state index contributed by atoms with van der Waals surface area (Å²) in [5.74, 6) is 0. The molecule has 2 heterocycles. The van der Waals surface area contributed by atoms with Crippen LogP contribution in [-0.2, 0) is 13.0 Å². The molecule has 5 heteroatoms. The fraction of sp³-hybridized carbons (Fsp3) is 0.154. The minimum atomic E-state index is -0.147. The SMILES string of the molecule is O=c1[nH]cnc2c1cnn2CCc1ccccc1. The summed E-state index contributed by atoms with van der Waals surface area (Å²) in [4.78, 5) is 18.2. The summed E-state index contributed by atoms with van der Waals surface area (Å²) in [5.41, 5.74) is 1.73. The maximum absolute atomic E-state index is 11.5. The van der Waals surface area contributed by atoms with E-state index in [4.69, 9.17) is 0 Å². The molecule has 2 aromatic heterocycles. The van der Waals surface area contributed by atoms with Crippen molar-refractivity contribution < 1.29 is 0 Å². The van der Waals surface area contributed by atoms with E-state index in [-0.39, 0.29) is 5.56 Å². The zero-order chi connectivity index (χ0) is 12.4. The first kappa shape index (κ1) is 10.7. The molecular weight excluding hydrogens is 228 g/mol. The van der Waals surface area contributed by atoms with E-state index in [9.17, 15) is 4.79 Å². The van der Waals surface area contributed by atoms with Gasteiger partial charge in [0.15, 0.2) is 5.65 Å². The Morgan fingerprint density at radius 1 is 1.22 bits per heavy atom. The van der Waals surface area contributed by atoms with Crippen molar-refractivity contribution in [3.05, 3.63) is 58.8 Å². The van der Waals surface area contributed by atoms with Gasteiger partial charge in [0, 0.05) is 6.54 Å². The van der Waals surface area contributed by atoms with E-state index < -0.39 is 0 Å².